The monoisotopic (exact) mass is 240 g/mol. The second-order valence-electron chi connectivity index (χ2n) is 3.64. The SMILES string of the molecule is CCC(NC(=O)N(C)Cc1ncc[nH]1)C(=O)O. The summed E-state index contributed by atoms with van der Waals surface area (Å²) in [5.41, 5.74) is 0. The van der Waals surface area contributed by atoms with E-state index in [2.05, 4.69) is 15.3 Å². The van der Waals surface area contributed by atoms with Gasteiger partial charge in [-0.2, -0.15) is 0 Å². The summed E-state index contributed by atoms with van der Waals surface area (Å²) in [5.74, 6) is -0.390. The first-order valence-corrected chi connectivity index (χ1v) is 5.27. The first-order valence-electron chi connectivity index (χ1n) is 5.27. The number of hydrogen-bond acceptors (Lipinski definition) is 3. The van der Waals surface area contributed by atoms with Crippen molar-refractivity contribution < 1.29 is 14.7 Å². The van der Waals surface area contributed by atoms with Gasteiger partial charge in [0, 0.05) is 19.4 Å². The molecule has 0 spiro atoms. The van der Waals surface area contributed by atoms with Gasteiger partial charge in [0.05, 0.1) is 6.54 Å². The van der Waals surface area contributed by atoms with Crippen LogP contribution in [0.3, 0.4) is 0 Å². The highest BCUT2D eigenvalue weighted by atomic mass is 16.4. The molecule has 0 radical (unpaired) electrons. The summed E-state index contributed by atoms with van der Waals surface area (Å²) in [4.78, 5) is 30.6. The minimum atomic E-state index is -1.03. The number of carboxylic acid groups (broad SMARTS) is 1. The lowest BCUT2D eigenvalue weighted by Crippen LogP contribution is -2.46. The van der Waals surface area contributed by atoms with Gasteiger partial charge in [-0.05, 0) is 6.42 Å². The van der Waals surface area contributed by atoms with E-state index in [4.69, 9.17) is 5.11 Å². The molecule has 0 fully saturated rings. The first kappa shape index (κ1) is 13.0. The van der Waals surface area contributed by atoms with Crippen molar-refractivity contribution in [2.75, 3.05) is 7.05 Å². The Labute approximate surface area is 98.8 Å². The van der Waals surface area contributed by atoms with Crippen LogP contribution in [0.1, 0.15) is 19.2 Å². The highest BCUT2D eigenvalue weighted by Gasteiger charge is 2.19. The largest absolute Gasteiger partial charge is 0.480 e. The number of amides is 2. The summed E-state index contributed by atoms with van der Waals surface area (Å²) in [6.07, 6.45) is 3.59. The van der Waals surface area contributed by atoms with E-state index < -0.39 is 18.0 Å². The van der Waals surface area contributed by atoms with Crippen LogP contribution >= 0.6 is 0 Å². The lowest BCUT2D eigenvalue weighted by atomic mass is 10.2. The molecular formula is C10H16N4O3. The molecule has 0 aliphatic carbocycles. The molecule has 17 heavy (non-hydrogen) atoms. The van der Waals surface area contributed by atoms with Crippen molar-refractivity contribution in [1.82, 2.24) is 20.2 Å². The molecule has 1 aromatic rings. The lowest BCUT2D eigenvalue weighted by Gasteiger charge is -2.19. The summed E-state index contributed by atoms with van der Waals surface area (Å²) in [5, 5.41) is 11.2. The van der Waals surface area contributed by atoms with E-state index in [1.807, 2.05) is 0 Å². The number of rotatable bonds is 5. The van der Waals surface area contributed by atoms with E-state index in [0.29, 0.717) is 18.8 Å². The molecule has 7 nitrogen and oxygen atoms in total. The molecule has 1 heterocycles. The van der Waals surface area contributed by atoms with Crippen molar-refractivity contribution in [3.63, 3.8) is 0 Å². The molecule has 0 aromatic carbocycles. The van der Waals surface area contributed by atoms with Crippen LogP contribution in [0.2, 0.25) is 0 Å². The second kappa shape index (κ2) is 5.88. The number of H-pyrrole nitrogens is 1. The number of imidazole rings is 1. The normalized spacial score (nSPS) is 11.9. The average Bonchev–Trinajstić information content (AvgIpc) is 2.77. The number of aliphatic carboxylic acids is 1. The number of carbonyl (C=O) groups excluding carboxylic acids is 1. The van der Waals surface area contributed by atoms with Gasteiger partial charge < -0.3 is 20.3 Å². The average molecular weight is 240 g/mol. The Morgan fingerprint density at radius 3 is 2.82 bits per heavy atom. The van der Waals surface area contributed by atoms with Crippen LogP contribution in [0.5, 0.6) is 0 Å². The Morgan fingerprint density at radius 2 is 2.35 bits per heavy atom. The van der Waals surface area contributed by atoms with E-state index in [0.717, 1.165) is 0 Å². The van der Waals surface area contributed by atoms with Gasteiger partial charge in [0.15, 0.2) is 0 Å². The fourth-order valence-electron chi connectivity index (χ4n) is 1.28. The van der Waals surface area contributed by atoms with E-state index in [9.17, 15) is 9.59 Å². The molecule has 0 saturated heterocycles. The number of hydrogen-bond donors (Lipinski definition) is 3. The minimum absolute atomic E-state index is 0.300. The second-order valence-corrected chi connectivity index (χ2v) is 3.64. The third-order valence-electron chi connectivity index (χ3n) is 2.29. The fraction of sp³-hybridized carbons (Fsp3) is 0.500. The van der Waals surface area contributed by atoms with E-state index in [1.165, 1.54) is 4.90 Å². The molecule has 3 N–H and O–H groups in total. The maximum atomic E-state index is 11.7. The van der Waals surface area contributed by atoms with Gasteiger partial charge >= 0.3 is 12.0 Å². The van der Waals surface area contributed by atoms with Crippen LogP contribution in [-0.4, -0.2) is 45.1 Å². The number of nitrogens with one attached hydrogen (secondary N) is 2. The van der Waals surface area contributed by atoms with Crippen molar-refractivity contribution in [3.8, 4) is 0 Å². The topological polar surface area (TPSA) is 98.3 Å². The Balaban J connectivity index is 2.49. The summed E-state index contributed by atoms with van der Waals surface area (Å²) in [6, 6.07) is -1.29. The smallest absolute Gasteiger partial charge is 0.326 e. The number of urea groups is 1. The van der Waals surface area contributed by atoms with Crippen molar-refractivity contribution in [2.24, 2.45) is 0 Å². The van der Waals surface area contributed by atoms with E-state index >= 15 is 0 Å². The summed E-state index contributed by atoms with van der Waals surface area (Å²) in [6.45, 7) is 2.00. The molecule has 0 bridgehead atoms. The van der Waals surface area contributed by atoms with Crippen molar-refractivity contribution >= 4 is 12.0 Å². The highest BCUT2D eigenvalue weighted by Crippen LogP contribution is 1.98. The molecule has 1 aromatic heterocycles. The molecule has 1 rings (SSSR count). The van der Waals surface area contributed by atoms with Gasteiger partial charge in [-0.3, -0.25) is 0 Å². The fourth-order valence-corrected chi connectivity index (χ4v) is 1.28. The van der Waals surface area contributed by atoms with Crippen LogP contribution < -0.4 is 5.32 Å². The summed E-state index contributed by atoms with van der Waals surface area (Å²) >= 11 is 0. The quantitative estimate of drug-likeness (QED) is 0.694. The molecule has 0 aliphatic rings. The predicted octanol–water partition coefficient (Wildman–Crippen LogP) is 0.414. The highest BCUT2D eigenvalue weighted by molar-refractivity contribution is 5.82. The molecule has 7 heteroatoms. The van der Waals surface area contributed by atoms with Crippen molar-refractivity contribution in [3.05, 3.63) is 18.2 Å². The van der Waals surface area contributed by atoms with Gasteiger partial charge in [-0.1, -0.05) is 6.92 Å². The third-order valence-corrected chi connectivity index (χ3v) is 2.29. The molecule has 0 saturated carbocycles. The number of nitrogens with zero attached hydrogens (tertiary/aromatic N) is 2. The van der Waals surface area contributed by atoms with Gasteiger partial charge in [0.2, 0.25) is 0 Å². The zero-order valence-electron chi connectivity index (χ0n) is 9.80. The number of aromatic amines is 1. The van der Waals surface area contributed by atoms with Crippen molar-refractivity contribution in [2.45, 2.75) is 25.9 Å². The standard InChI is InChI=1S/C10H16N4O3/c1-3-7(9(15)16)13-10(17)14(2)6-8-11-4-5-12-8/h4-5,7H,3,6H2,1-2H3,(H,11,12)(H,13,17)(H,15,16). The summed E-state index contributed by atoms with van der Waals surface area (Å²) < 4.78 is 0. The number of carboxylic acids is 1. The molecule has 1 unspecified atom stereocenters. The lowest BCUT2D eigenvalue weighted by molar-refractivity contribution is -0.139. The Bertz CT molecular complexity index is 377. The zero-order chi connectivity index (χ0) is 12.8. The number of aromatic nitrogens is 2. The first-order chi connectivity index (χ1) is 8.04. The molecule has 0 aliphatic heterocycles. The van der Waals surface area contributed by atoms with Gasteiger partial charge in [-0.15, -0.1) is 0 Å². The number of carbonyl (C=O) groups is 2. The zero-order valence-corrected chi connectivity index (χ0v) is 9.80. The van der Waals surface area contributed by atoms with E-state index in [1.54, 1.807) is 26.4 Å². The maximum Gasteiger partial charge on any atom is 0.326 e. The van der Waals surface area contributed by atoms with Gasteiger partial charge in [-0.25, -0.2) is 14.6 Å². The Morgan fingerprint density at radius 1 is 1.65 bits per heavy atom. The Kier molecular flexibility index (Phi) is 4.50. The third kappa shape index (κ3) is 3.78. The molecule has 94 valence electrons. The van der Waals surface area contributed by atoms with Crippen LogP contribution in [-0.2, 0) is 11.3 Å². The van der Waals surface area contributed by atoms with Crippen molar-refractivity contribution in [1.29, 1.82) is 0 Å². The summed E-state index contributed by atoms with van der Waals surface area (Å²) in [7, 11) is 1.58. The van der Waals surface area contributed by atoms with Crippen LogP contribution in [0.4, 0.5) is 4.79 Å². The van der Waals surface area contributed by atoms with Gasteiger partial charge in [0.1, 0.15) is 11.9 Å². The van der Waals surface area contributed by atoms with Crippen LogP contribution in [0, 0.1) is 0 Å². The van der Waals surface area contributed by atoms with E-state index in [-0.39, 0.29) is 0 Å². The van der Waals surface area contributed by atoms with Gasteiger partial charge in [0.25, 0.3) is 0 Å². The molecule has 1 atom stereocenters. The minimum Gasteiger partial charge on any atom is -0.480 e. The molecule has 2 amide bonds. The van der Waals surface area contributed by atoms with Crippen LogP contribution in [0.15, 0.2) is 12.4 Å². The predicted molar refractivity (Wildman–Crippen MR) is 60.3 cm³/mol. The molecular weight excluding hydrogens is 224 g/mol. The maximum absolute atomic E-state index is 11.7. The van der Waals surface area contributed by atoms with Crippen LogP contribution in [0.25, 0.3) is 0 Å². The Hall–Kier alpha value is -2.05.